The lowest BCUT2D eigenvalue weighted by Gasteiger charge is -2.06. The van der Waals surface area contributed by atoms with Crippen LogP contribution in [0.1, 0.15) is 11.8 Å². The lowest BCUT2D eigenvalue weighted by Crippen LogP contribution is -2.04. The van der Waals surface area contributed by atoms with E-state index in [1.54, 1.807) is 35.7 Å². The quantitative estimate of drug-likeness (QED) is 0.843. The van der Waals surface area contributed by atoms with Crippen LogP contribution in [0.15, 0.2) is 40.6 Å². The Morgan fingerprint density at radius 1 is 1.21 bits per heavy atom. The van der Waals surface area contributed by atoms with E-state index in [1.165, 1.54) is 11.3 Å². The summed E-state index contributed by atoms with van der Waals surface area (Å²) in [6.07, 6.45) is 0. The van der Waals surface area contributed by atoms with Gasteiger partial charge in [0.15, 0.2) is 9.84 Å². The molecule has 0 saturated heterocycles. The molecule has 6 heteroatoms. The second-order valence-corrected chi connectivity index (χ2v) is 7.25. The minimum atomic E-state index is -3.37. The molecule has 0 aliphatic heterocycles. The summed E-state index contributed by atoms with van der Waals surface area (Å²) >= 11 is 7.27. The van der Waals surface area contributed by atoms with Crippen molar-refractivity contribution in [2.45, 2.75) is 17.6 Å². The van der Waals surface area contributed by atoms with E-state index >= 15 is 0 Å². The molecule has 102 valence electrons. The third kappa shape index (κ3) is 3.49. The first kappa shape index (κ1) is 14.4. The van der Waals surface area contributed by atoms with Crippen LogP contribution < -0.4 is 4.74 Å². The topological polar surface area (TPSA) is 43.4 Å². The molecule has 0 saturated carbocycles. The van der Waals surface area contributed by atoms with Gasteiger partial charge in [-0.1, -0.05) is 11.6 Å². The third-order valence-electron chi connectivity index (χ3n) is 2.51. The van der Waals surface area contributed by atoms with E-state index in [4.69, 9.17) is 16.3 Å². The Kier molecular flexibility index (Phi) is 4.50. The predicted octanol–water partition coefficient (Wildman–Crippen LogP) is 3.77. The maximum absolute atomic E-state index is 12.2. The molecule has 0 bridgehead atoms. The number of hydrogen-bond acceptors (Lipinski definition) is 4. The zero-order valence-corrected chi connectivity index (χ0v) is 12.7. The van der Waals surface area contributed by atoms with Gasteiger partial charge in [-0.2, -0.15) is 0 Å². The van der Waals surface area contributed by atoms with Gasteiger partial charge in [0.1, 0.15) is 5.75 Å². The van der Waals surface area contributed by atoms with E-state index in [0.29, 0.717) is 22.3 Å². The van der Waals surface area contributed by atoms with E-state index in [0.717, 1.165) is 0 Å². The molecule has 0 fully saturated rings. The first-order valence-corrected chi connectivity index (χ1v) is 8.61. The average Bonchev–Trinajstić information content (AvgIpc) is 2.75. The highest BCUT2D eigenvalue weighted by molar-refractivity contribution is 7.90. The predicted molar refractivity (Wildman–Crippen MR) is 77.8 cm³/mol. The molecule has 0 spiro atoms. The molecule has 1 aromatic heterocycles. The SMILES string of the molecule is CCOc1ccc(S(=O)(=O)Cc2sccc2Cl)cc1. The highest BCUT2D eigenvalue weighted by atomic mass is 35.5. The molecule has 3 nitrogen and oxygen atoms in total. The Morgan fingerprint density at radius 2 is 1.89 bits per heavy atom. The van der Waals surface area contributed by atoms with E-state index < -0.39 is 9.84 Å². The van der Waals surface area contributed by atoms with Gasteiger partial charge in [0.05, 0.1) is 22.3 Å². The number of rotatable bonds is 5. The fourth-order valence-corrected chi connectivity index (χ4v) is 4.52. The molecular formula is C13H13ClO3S2. The van der Waals surface area contributed by atoms with Crippen molar-refractivity contribution >= 4 is 32.8 Å². The number of halogens is 1. The van der Waals surface area contributed by atoms with Crippen LogP contribution in [-0.2, 0) is 15.6 Å². The van der Waals surface area contributed by atoms with Gasteiger partial charge in [-0.15, -0.1) is 11.3 Å². The van der Waals surface area contributed by atoms with Crippen molar-refractivity contribution in [2.75, 3.05) is 6.61 Å². The molecular weight excluding hydrogens is 304 g/mol. The molecule has 2 aromatic rings. The molecule has 19 heavy (non-hydrogen) atoms. The molecule has 2 rings (SSSR count). The van der Waals surface area contributed by atoms with Crippen molar-refractivity contribution in [1.82, 2.24) is 0 Å². The third-order valence-corrected chi connectivity index (χ3v) is 5.73. The maximum Gasteiger partial charge on any atom is 0.183 e. The van der Waals surface area contributed by atoms with E-state index in [9.17, 15) is 8.42 Å². The Bertz CT molecular complexity index is 645. The molecule has 0 atom stereocenters. The second kappa shape index (κ2) is 5.94. The van der Waals surface area contributed by atoms with Crippen LogP contribution in [0.2, 0.25) is 5.02 Å². The monoisotopic (exact) mass is 316 g/mol. The molecule has 0 radical (unpaired) electrons. The zero-order valence-electron chi connectivity index (χ0n) is 10.3. The van der Waals surface area contributed by atoms with Gasteiger partial charge in [-0.25, -0.2) is 8.42 Å². The van der Waals surface area contributed by atoms with Crippen LogP contribution in [-0.4, -0.2) is 15.0 Å². The van der Waals surface area contributed by atoms with Crippen molar-refractivity contribution in [1.29, 1.82) is 0 Å². The fourth-order valence-electron chi connectivity index (χ4n) is 1.59. The van der Waals surface area contributed by atoms with Crippen molar-refractivity contribution in [3.05, 3.63) is 45.6 Å². The lowest BCUT2D eigenvalue weighted by molar-refractivity contribution is 0.340. The van der Waals surface area contributed by atoms with Crippen molar-refractivity contribution in [3.8, 4) is 5.75 Å². The van der Waals surface area contributed by atoms with Gasteiger partial charge in [-0.3, -0.25) is 0 Å². The van der Waals surface area contributed by atoms with Crippen molar-refractivity contribution in [3.63, 3.8) is 0 Å². The van der Waals surface area contributed by atoms with E-state index in [1.807, 2.05) is 6.92 Å². The van der Waals surface area contributed by atoms with Gasteiger partial charge >= 0.3 is 0 Å². The van der Waals surface area contributed by atoms with E-state index in [2.05, 4.69) is 0 Å². The van der Waals surface area contributed by atoms with Crippen LogP contribution in [0, 0.1) is 0 Å². The van der Waals surface area contributed by atoms with Crippen LogP contribution in [0.3, 0.4) is 0 Å². The highest BCUT2D eigenvalue weighted by Crippen LogP contribution is 2.27. The van der Waals surface area contributed by atoms with Crippen LogP contribution in [0.5, 0.6) is 5.75 Å². The van der Waals surface area contributed by atoms with E-state index in [-0.39, 0.29) is 10.6 Å². The number of thiophene rings is 1. The van der Waals surface area contributed by atoms with Crippen LogP contribution in [0.4, 0.5) is 0 Å². The molecule has 1 aromatic carbocycles. The zero-order chi connectivity index (χ0) is 13.9. The Hall–Kier alpha value is -1.04. The second-order valence-electron chi connectivity index (χ2n) is 3.86. The molecule has 0 aliphatic rings. The summed E-state index contributed by atoms with van der Waals surface area (Å²) in [4.78, 5) is 0.941. The Labute approximate surface area is 121 Å². The minimum absolute atomic E-state index is 0.0719. The minimum Gasteiger partial charge on any atom is -0.494 e. The number of benzene rings is 1. The summed E-state index contributed by atoms with van der Waals surface area (Å²) in [6, 6.07) is 8.14. The van der Waals surface area contributed by atoms with Gasteiger partial charge in [-0.05, 0) is 42.6 Å². The fraction of sp³-hybridized carbons (Fsp3) is 0.231. The molecule has 0 amide bonds. The summed E-state index contributed by atoms with van der Waals surface area (Å²) in [6.45, 7) is 2.43. The summed E-state index contributed by atoms with van der Waals surface area (Å²) in [5.41, 5.74) is 0. The maximum atomic E-state index is 12.2. The smallest absolute Gasteiger partial charge is 0.183 e. The average molecular weight is 317 g/mol. The van der Waals surface area contributed by atoms with Gasteiger partial charge < -0.3 is 4.74 Å². The van der Waals surface area contributed by atoms with Gasteiger partial charge in [0.2, 0.25) is 0 Å². The Morgan fingerprint density at radius 3 is 2.42 bits per heavy atom. The molecule has 0 N–H and O–H groups in total. The lowest BCUT2D eigenvalue weighted by atomic mass is 10.3. The Balaban J connectivity index is 2.22. The van der Waals surface area contributed by atoms with Crippen molar-refractivity contribution in [2.24, 2.45) is 0 Å². The highest BCUT2D eigenvalue weighted by Gasteiger charge is 2.18. The van der Waals surface area contributed by atoms with Crippen LogP contribution in [0.25, 0.3) is 0 Å². The summed E-state index contributed by atoms with van der Waals surface area (Å²) in [7, 11) is -3.37. The molecule has 1 heterocycles. The molecule has 0 aliphatic carbocycles. The van der Waals surface area contributed by atoms with Crippen molar-refractivity contribution < 1.29 is 13.2 Å². The summed E-state index contributed by atoms with van der Waals surface area (Å²) < 4.78 is 29.7. The van der Waals surface area contributed by atoms with Gasteiger partial charge in [0, 0.05) is 4.88 Å². The first-order valence-electron chi connectivity index (χ1n) is 5.70. The first-order chi connectivity index (χ1) is 9.03. The summed E-state index contributed by atoms with van der Waals surface area (Å²) in [5, 5.41) is 2.28. The number of sulfone groups is 1. The van der Waals surface area contributed by atoms with Gasteiger partial charge in [0.25, 0.3) is 0 Å². The standard InChI is InChI=1S/C13H13ClO3S2/c1-2-17-10-3-5-11(6-4-10)19(15,16)9-13-12(14)7-8-18-13/h3-8H,2,9H2,1H3. The summed E-state index contributed by atoms with van der Waals surface area (Å²) in [5.74, 6) is 0.591. The largest absolute Gasteiger partial charge is 0.494 e. The number of hydrogen-bond donors (Lipinski definition) is 0. The normalized spacial score (nSPS) is 11.5. The number of ether oxygens (including phenoxy) is 1. The van der Waals surface area contributed by atoms with Crippen LogP contribution >= 0.6 is 22.9 Å². The molecule has 0 unspecified atom stereocenters.